The highest BCUT2D eigenvalue weighted by molar-refractivity contribution is 7.84. The fraction of sp³-hybridized carbons (Fsp3) is 0.478. The average Bonchev–Trinajstić information content (AvgIpc) is 3.47. The van der Waals surface area contributed by atoms with Gasteiger partial charge in [-0.3, -0.25) is 4.18 Å². The molecule has 1 aromatic carbocycles. The van der Waals surface area contributed by atoms with Crippen molar-refractivity contribution in [3.8, 4) is 0 Å². The zero-order chi connectivity index (χ0) is 23.2. The topological polar surface area (TPSA) is 132 Å². The predicted molar refractivity (Wildman–Crippen MR) is 125 cm³/mol. The molecule has 0 aliphatic heterocycles. The van der Waals surface area contributed by atoms with E-state index in [1.165, 1.54) is 11.1 Å². The van der Waals surface area contributed by atoms with Gasteiger partial charge in [-0.15, -0.1) is 0 Å². The maximum Gasteiger partial charge on any atom is 0.333 e. The Balaban J connectivity index is 1.39. The van der Waals surface area contributed by atoms with Crippen molar-refractivity contribution in [3.63, 3.8) is 0 Å². The second-order valence-electron chi connectivity index (χ2n) is 9.11. The summed E-state index contributed by atoms with van der Waals surface area (Å²) >= 11 is 0. The summed E-state index contributed by atoms with van der Waals surface area (Å²) in [4.78, 5) is 9.08. The molecule has 0 radical (unpaired) electrons. The average molecular weight is 472 g/mol. The molecule has 5 rings (SSSR count). The van der Waals surface area contributed by atoms with Gasteiger partial charge in [-0.1, -0.05) is 37.6 Å². The van der Waals surface area contributed by atoms with Gasteiger partial charge in [0, 0.05) is 18.2 Å². The molecule has 2 aliphatic carbocycles. The number of fused-ring (bicyclic) bond motifs is 2. The highest BCUT2D eigenvalue weighted by Crippen LogP contribution is 2.41. The van der Waals surface area contributed by atoms with Gasteiger partial charge >= 0.3 is 10.3 Å². The van der Waals surface area contributed by atoms with E-state index in [0.29, 0.717) is 18.8 Å². The molecule has 2 heterocycles. The normalized spacial score (nSPS) is 27.2. The Labute approximate surface area is 193 Å². The van der Waals surface area contributed by atoms with E-state index >= 15 is 0 Å². The number of aliphatic hydroxyl groups excluding tert-OH is 1. The lowest BCUT2D eigenvalue weighted by Crippen LogP contribution is -2.24. The van der Waals surface area contributed by atoms with Gasteiger partial charge in [-0.05, 0) is 42.4 Å². The molecule has 33 heavy (non-hydrogen) atoms. The Hall–Kier alpha value is -2.53. The van der Waals surface area contributed by atoms with Crippen molar-refractivity contribution in [2.75, 3.05) is 11.9 Å². The van der Waals surface area contributed by atoms with Crippen molar-refractivity contribution in [2.24, 2.45) is 17.0 Å². The fourth-order valence-electron chi connectivity index (χ4n) is 5.44. The minimum atomic E-state index is -4.03. The van der Waals surface area contributed by atoms with E-state index in [4.69, 9.17) is 9.32 Å². The summed E-state index contributed by atoms with van der Waals surface area (Å²) in [5.74, 6) is 0.983. The van der Waals surface area contributed by atoms with Crippen LogP contribution in [0.2, 0.25) is 0 Å². The van der Waals surface area contributed by atoms with Crippen LogP contribution >= 0.6 is 0 Å². The van der Waals surface area contributed by atoms with Gasteiger partial charge in [0.05, 0.1) is 24.1 Å². The van der Waals surface area contributed by atoms with E-state index in [-0.39, 0.29) is 24.6 Å². The summed E-state index contributed by atoms with van der Waals surface area (Å²) in [7, 11) is -4.03. The number of nitrogens with two attached hydrogens (primary N) is 1. The van der Waals surface area contributed by atoms with Gasteiger partial charge in [0.25, 0.3) is 0 Å². The number of hydrogen-bond acceptors (Lipinski definition) is 7. The van der Waals surface area contributed by atoms with Gasteiger partial charge in [-0.2, -0.15) is 8.42 Å². The molecule has 176 valence electrons. The number of aliphatic hydroxyl groups is 1. The number of nitrogens with one attached hydrogen (secondary N) is 1. The van der Waals surface area contributed by atoms with Crippen molar-refractivity contribution in [2.45, 2.75) is 50.8 Å². The zero-order valence-electron chi connectivity index (χ0n) is 18.5. The number of hydrogen-bond donors (Lipinski definition) is 3. The van der Waals surface area contributed by atoms with E-state index in [9.17, 15) is 13.5 Å². The minimum Gasteiger partial charge on any atom is -0.393 e. The first-order valence-electron chi connectivity index (χ1n) is 11.3. The molecule has 1 fully saturated rings. The van der Waals surface area contributed by atoms with Crippen LogP contribution in [-0.4, -0.2) is 40.8 Å². The summed E-state index contributed by atoms with van der Waals surface area (Å²) in [5.41, 5.74) is 3.50. The van der Waals surface area contributed by atoms with E-state index < -0.39 is 16.4 Å². The Morgan fingerprint density at radius 3 is 2.82 bits per heavy atom. The van der Waals surface area contributed by atoms with Crippen LogP contribution < -0.4 is 10.5 Å². The number of nitrogens with zero attached hydrogens (tertiary/aromatic N) is 3. The molecule has 2 aliphatic rings. The zero-order valence-corrected chi connectivity index (χ0v) is 19.3. The van der Waals surface area contributed by atoms with E-state index in [2.05, 4.69) is 46.5 Å². The predicted octanol–water partition coefficient (Wildman–Crippen LogP) is 2.70. The van der Waals surface area contributed by atoms with Crippen molar-refractivity contribution in [1.82, 2.24) is 14.5 Å². The number of benzene rings is 1. The maximum absolute atomic E-state index is 11.1. The summed E-state index contributed by atoms with van der Waals surface area (Å²) in [5, 5.41) is 20.0. The lowest BCUT2D eigenvalue weighted by atomic mass is 9.98. The minimum absolute atomic E-state index is 0.0232. The van der Waals surface area contributed by atoms with Gasteiger partial charge in [0.15, 0.2) is 0 Å². The molecule has 0 saturated heterocycles. The van der Waals surface area contributed by atoms with Crippen LogP contribution in [0.1, 0.15) is 49.4 Å². The van der Waals surface area contributed by atoms with Crippen LogP contribution in [0.4, 0.5) is 5.82 Å². The molecule has 2 aromatic heterocycles. The first-order valence-corrected chi connectivity index (χ1v) is 12.8. The third kappa shape index (κ3) is 4.35. The molecule has 9 nitrogen and oxygen atoms in total. The first-order chi connectivity index (χ1) is 15.8. The second-order valence-corrected chi connectivity index (χ2v) is 10.3. The van der Waals surface area contributed by atoms with Gasteiger partial charge in [0.2, 0.25) is 0 Å². The third-order valence-electron chi connectivity index (χ3n) is 7.14. The maximum atomic E-state index is 11.1. The monoisotopic (exact) mass is 471 g/mol. The second kappa shape index (κ2) is 8.68. The largest absolute Gasteiger partial charge is 0.393 e. The standard InChI is InChI=1S/C23H29N5O4S/c1-2-14-9-15-5-3-4-6-18(15)21(14)27-22-19-7-8-28(23(19)26-13-25-22)17-10-16(20(29)11-17)12-32-33(24,30)31/h3-8,13-14,16-17,20-21,29H,2,9-12H2,1H3,(H2,24,30,31)(H,25,26,27)/t14-,16+,17-,20+,21-/m1/s1. The molecule has 4 N–H and O–H groups in total. The third-order valence-corrected chi connectivity index (χ3v) is 7.61. The lowest BCUT2D eigenvalue weighted by molar-refractivity contribution is 0.100. The van der Waals surface area contributed by atoms with Crippen molar-refractivity contribution >= 4 is 27.2 Å². The number of anilines is 1. The SMILES string of the molecule is CC[C@@H]1Cc2ccccc2[C@@H]1Nc1ncnc2c1ccn2[C@@H]1C[C@@H](COS(N)(=O)=O)[C@@H](O)C1. The van der Waals surface area contributed by atoms with Gasteiger partial charge in [0.1, 0.15) is 17.8 Å². The van der Waals surface area contributed by atoms with E-state index in [1.54, 1.807) is 6.33 Å². The van der Waals surface area contributed by atoms with Crippen LogP contribution in [0.5, 0.6) is 0 Å². The van der Waals surface area contributed by atoms with Crippen LogP contribution in [0.25, 0.3) is 11.0 Å². The number of aromatic nitrogens is 3. The molecule has 0 bridgehead atoms. The molecule has 1 saturated carbocycles. The van der Waals surface area contributed by atoms with Crippen molar-refractivity contribution in [1.29, 1.82) is 0 Å². The number of rotatable bonds is 7. The molecule has 3 aromatic rings. The van der Waals surface area contributed by atoms with Crippen LogP contribution in [0.15, 0.2) is 42.9 Å². The highest BCUT2D eigenvalue weighted by atomic mass is 32.2. The van der Waals surface area contributed by atoms with Crippen molar-refractivity contribution < 1.29 is 17.7 Å². The Kier molecular flexibility index (Phi) is 5.86. The lowest BCUT2D eigenvalue weighted by Gasteiger charge is -2.22. The Morgan fingerprint density at radius 1 is 1.21 bits per heavy atom. The van der Waals surface area contributed by atoms with Crippen molar-refractivity contribution in [3.05, 3.63) is 54.0 Å². The molecule has 0 unspecified atom stereocenters. The first kappa shape index (κ1) is 22.3. The Morgan fingerprint density at radius 2 is 2.03 bits per heavy atom. The molecule has 0 spiro atoms. The molecular formula is C23H29N5O4S. The van der Waals surface area contributed by atoms with Crippen LogP contribution in [0, 0.1) is 11.8 Å². The van der Waals surface area contributed by atoms with Crippen LogP contribution in [-0.2, 0) is 20.9 Å². The summed E-state index contributed by atoms with van der Waals surface area (Å²) in [6.45, 7) is 2.09. The van der Waals surface area contributed by atoms with E-state index in [1.807, 2.05) is 16.8 Å². The Bertz CT molecular complexity index is 1260. The van der Waals surface area contributed by atoms with Crippen LogP contribution in [0.3, 0.4) is 0 Å². The van der Waals surface area contributed by atoms with Gasteiger partial charge < -0.3 is 15.0 Å². The highest BCUT2D eigenvalue weighted by Gasteiger charge is 2.36. The molecule has 5 atom stereocenters. The molecular weight excluding hydrogens is 442 g/mol. The molecule has 0 amide bonds. The fourth-order valence-corrected chi connectivity index (χ4v) is 5.81. The quantitative estimate of drug-likeness (QED) is 0.483. The van der Waals surface area contributed by atoms with Gasteiger partial charge in [-0.25, -0.2) is 15.1 Å². The van der Waals surface area contributed by atoms with E-state index in [0.717, 1.165) is 29.7 Å². The summed E-state index contributed by atoms with van der Waals surface area (Å²) < 4.78 is 29.0. The summed E-state index contributed by atoms with van der Waals surface area (Å²) in [6.07, 6.45) is 6.05. The molecule has 10 heteroatoms. The summed E-state index contributed by atoms with van der Waals surface area (Å²) in [6, 6.07) is 10.7. The smallest absolute Gasteiger partial charge is 0.333 e.